The SMILES string of the molecule is CCCC[Si](CCCC)(CCCC)[Cr](=[O])(=[O])([OH])([OH])[Si](CCCC)(CCCC)CCCC. The summed E-state index contributed by atoms with van der Waals surface area (Å²) in [6, 6.07) is 3.24. The second-order valence-electron chi connectivity index (χ2n) is 10.2. The average molecular weight is 517 g/mol. The van der Waals surface area contributed by atoms with Gasteiger partial charge in [0.2, 0.25) is 0 Å². The molecule has 0 aliphatic carbocycles. The van der Waals surface area contributed by atoms with E-state index in [9.17, 15) is 8.32 Å². The van der Waals surface area contributed by atoms with Crippen molar-refractivity contribution in [3.63, 3.8) is 0 Å². The van der Waals surface area contributed by atoms with Gasteiger partial charge in [0.05, 0.1) is 0 Å². The predicted molar refractivity (Wildman–Crippen MR) is 136 cm³/mol. The maximum atomic E-state index is 15.2. The zero-order valence-electron chi connectivity index (χ0n) is 21.8. The molecule has 0 aromatic heterocycles. The summed E-state index contributed by atoms with van der Waals surface area (Å²) in [5.41, 5.74) is 0. The van der Waals surface area contributed by atoms with Crippen LogP contribution in [0.4, 0.5) is 0 Å². The Morgan fingerprint density at radius 1 is 0.452 bits per heavy atom. The van der Waals surface area contributed by atoms with Crippen molar-refractivity contribution in [3.05, 3.63) is 0 Å². The molecule has 190 valence electrons. The molecule has 0 aliphatic heterocycles. The molecule has 0 spiro atoms. The second kappa shape index (κ2) is 12.8. The zero-order valence-corrected chi connectivity index (χ0v) is 25.1. The van der Waals surface area contributed by atoms with Crippen molar-refractivity contribution in [3.8, 4) is 0 Å². The fraction of sp³-hybridized carbons (Fsp3) is 1.00. The van der Waals surface area contributed by atoms with Gasteiger partial charge in [-0.15, -0.1) is 0 Å². The van der Waals surface area contributed by atoms with Gasteiger partial charge in [-0.1, -0.05) is 0 Å². The number of hydrogen-bond donors (Lipinski definition) is 2. The number of rotatable bonds is 20. The Balaban J connectivity index is 7.13. The minimum atomic E-state index is -7.46. The molecule has 0 saturated heterocycles. The Hall–Kier alpha value is 0.486. The molecule has 0 bridgehead atoms. The van der Waals surface area contributed by atoms with Gasteiger partial charge >= 0.3 is 194 Å². The van der Waals surface area contributed by atoms with Gasteiger partial charge in [0.25, 0.3) is 0 Å². The Bertz CT molecular complexity index is 570. The average Bonchev–Trinajstić information content (AvgIpc) is 2.71. The van der Waals surface area contributed by atoms with Crippen molar-refractivity contribution >= 4 is 13.3 Å². The molecule has 0 aliphatic rings. The first-order valence-electron chi connectivity index (χ1n) is 13.5. The minimum absolute atomic E-state index is 0.540. The molecule has 0 fully saturated rings. The van der Waals surface area contributed by atoms with Crippen LogP contribution in [0, 0.1) is 0 Å². The summed E-state index contributed by atoms with van der Waals surface area (Å²) in [5.74, 6) is 0. The second-order valence-corrected chi connectivity index (χ2v) is 39.1. The van der Waals surface area contributed by atoms with Crippen LogP contribution in [0.25, 0.3) is 0 Å². The monoisotopic (exact) mass is 516 g/mol. The summed E-state index contributed by atoms with van der Waals surface area (Å²) in [6.07, 6.45) is 10.2. The Kier molecular flexibility index (Phi) is 13.0. The zero-order chi connectivity index (χ0) is 24.1. The molecule has 4 nitrogen and oxygen atoms in total. The summed E-state index contributed by atoms with van der Waals surface area (Å²) in [5, 5.41) is 0. The van der Waals surface area contributed by atoms with Crippen LogP contribution in [0.2, 0.25) is 36.3 Å². The van der Waals surface area contributed by atoms with E-state index >= 15 is 7.61 Å². The van der Waals surface area contributed by atoms with Gasteiger partial charge in [-0.3, -0.25) is 0 Å². The maximum absolute atomic E-state index is 15.2. The summed E-state index contributed by atoms with van der Waals surface area (Å²) in [6.45, 7) is 5.75. The van der Waals surface area contributed by atoms with Gasteiger partial charge < -0.3 is 0 Å². The fourth-order valence-electron chi connectivity index (χ4n) is 5.56. The number of unbranched alkanes of at least 4 members (excludes halogenated alkanes) is 6. The molecule has 0 aromatic carbocycles. The summed E-state index contributed by atoms with van der Waals surface area (Å²) < 4.78 is 55.1. The first kappa shape index (κ1) is 31.5. The third kappa shape index (κ3) is 6.76. The van der Waals surface area contributed by atoms with Gasteiger partial charge in [-0.2, -0.15) is 0 Å². The van der Waals surface area contributed by atoms with E-state index in [4.69, 9.17) is 0 Å². The van der Waals surface area contributed by atoms with Crippen molar-refractivity contribution in [1.82, 2.24) is 0 Å². The standard InChI is InChI=1S/2C12H27Si.Cr.2H2O.2O/c2*1-4-7-10-13(11-8-5-2)12-9-6-3;;;;;/h2*4-12H2,1-3H3;;2*1H2;;/q;;+2;;;;/p-2. The Labute approximate surface area is 193 Å². The first-order chi connectivity index (χ1) is 14.4. The molecule has 7 heteroatoms. The van der Waals surface area contributed by atoms with E-state index in [1.807, 2.05) is 0 Å². The van der Waals surface area contributed by atoms with Gasteiger partial charge in [0.1, 0.15) is 0 Å². The normalized spacial score (nSPS) is 15.6. The molecule has 0 amide bonds. The van der Waals surface area contributed by atoms with E-state index < -0.39 is 23.4 Å². The van der Waals surface area contributed by atoms with Gasteiger partial charge in [-0.05, 0) is 0 Å². The molecule has 0 rings (SSSR count). The molecular weight excluding hydrogens is 460 g/mol. The van der Waals surface area contributed by atoms with Crippen molar-refractivity contribution in [2.75, 3.05) is 0 Å². The van der Waals surface area contributed by atoms with Crippen LogP contribution >= 0.6 is 0 Å². The Morgan fingerprint density at radius 2 is 0.613 bits per heavy atom. The first-order valence-corrected chi connectivity index (χ1v) is 24.5. The quantitative estimate of drug-likeness (QED) is 0.159. The van der Waals surface area contributed by atoms with E-state index in [-0.39, 0.29) is 0 Å². The van der Waals surface area contributed by atoms with Crippen LogP contribution < -0.4 is 0 Å². The van der Waals surface area contributed by atoms with E-state index in [0.29, 0.717) is 36.3 Å². The van der Waals surface area contributed by atoms with Crippen LogP contribution in [0.3, 0.4) is 0 Å². The van der Waals surface area contributed by atoms with Crippen LogP contribution in [0.5, 0.6) is 0 Å². The van der Waals surface area contributed by atoms with E-state index in [2.05, 4.69) is 41.5 Å². The third-order valence-corrected chi connectivity index (χ3v) is 53.6. The molecule has 0 unspecified atom stereocenters. The van der Waals surface area contributed by atoms with E-state index in [0.717, 1.165) is 77.0 Å². The summed E-state index contributed by atoms with van der Waals surface area (Å²) in [7, 11) is -7.46. The van der Waals surface area contributed by atoms with E-state index in [1.54, 1.807) is 0 Å². The Morgan fingerprint density at radius 3 is 0.742 bits per heavy atom. The molecule has 2 N–H and O–H groups in total. The molecule has 0 radical (unpaired) electrons. The van der Waals surface area contributed by atoms with E-state index in [1.165, 1.54) is 0 Å². The molecular formula is C24H56CrO4Si2. The summed E-state index contributed by atoms with van der Waals surface area (Å²) in [4.78, 5) is 0. The van der Waals surface area contributed by atoms with Gasteiger partial charge in [0.15, 0.2) is 0 Å². The topological polar surface area (TPSA) is 74.6 Å². The van der Waals surface area contributed by atoms with Crippen LogP contribution in [0.15, 0.2) is 0 Å². The molecule has 31 heavy (non-hydrogen) atoms. The number of hydrogen-bond acceptors (Lipinski definition) is 2. The van der Waals surface area contributed by atoms with Crippen LogP contribution in [-0.2, 0) is 17.8 Å². The van der Waals surface area contributed by atoms with Crippen molar-refractivity contribution in [2.24, 2.45) is 0 Å². The van der Waals surface area contributed by atoms with Crippen molar-refractivity contribution in [1.29, 1.82) is 0 Å². The fourth-order valence-corrected chi connectivity index (χ4v) is 56.7. The van der Waals surface area contributed by atoms with Crippen molar-refractivity contribution < 1.29 is 26.1 Å². The van der Waals surface area contributed by atoms with Crippen LogP contribution in [0.1, 0.15) is 119 Å². The molecule has 0 saturated carbocycles. The van der Waals surface area contributed by atoms with Crippen LogP contribution in [-0.4, -0.2) is 21.6 Å². The third-order valence-electron chi connectivity index (χ3n) is 7.83. The molecule has 0 heterocycles. The van der Waals surface area contributed by atoms with Gasteiger partial charge in [-0.25, -0.2) is 0 Å². The molecule has 0 aromatic rings. The molecule has 0 atom stereocenters. The predicted octanol–water partition coefficient (Wildman–Crippen LogP) is 8.41. The summed E-state index contributed by atoms with van der Waals surface area (Å²) >= 11 is 0. The van der Waals surface area contributed by atoms with Crippen molar-refractivity contribution in [2.45, 2.75) is 155 Å². The van der Waals surface area contributed by atoms with Gasteiger partial charge in [0, 0.05) is 0 Å².